The number of benzene rings is 1. The fourth-order valence-corrected chi connectivity index (χ4v) is 3.82. The Kier molecular flexibility index (Phi) is 5.03. The molecule has 0 spiro atoms. The number of carbonyl (C=O) groups is 1. The topological polar surface area (TPSA) is 77.4 Å². The van der Waals surface area contributed by atoms with Gasteiger partial charge in [0, 0.05) is 37.3 Å². The van der Waals surface area contributed by atoms with Gasteiger partial charge in [0.05, 0.1) is 12.2 Å². The fourth-order valence-electron chi connectivity index (χ4n) is 3.82. The van der Waals surface area contributed by atoms with Gasteiger partial charge in [-0.1, -0.05) is 6.07 Å². The van der Waals surface area contributed by atoms with Gasteiger partial charge in [-0.15, -0.1) is 0 Å². The van der Waals surface area contributed by atoms with Crippen LogP contribution in [-0.4, -0.2) is 34.6 Å². The Balaban J connectivity index is 1.36. The van der Waals surface area contributed by atoms with E-state index in [1.807, 2.05) is 25.5 Å². The zero-order chi connectivity index (χ0) is 18.8. The van der Waals surface area contributed by atoms with Crippen molar-refractivity contribution in [2.24, 2.45) is 7.05 Å². The van der Waals surface area contributed by atoms with Crippen LogP contribution in [-0.2, 0) is 18.3 Å². The summed E-state index contributed by atoms with van der Waals surface area (Å²) < 4.78 is 12.6. The van der Waals surface area contributed by atoms with Crippen LogP contribution in [0.15, 0.2) is 30.6 Å². The highest BCUT2D eigenvalue weighted by Crippen LogP contribution is 2.33. The summed E-state index contributed by atoms with van der Waals surface area (Å²) in [5.74, 6) is 1.76. The Morgan fingerprint density at radius 1 is 1.37 bits per heavy atom. The Labute approximate surface area is 159 Å². The number of piperidine rings is 1. The Hall–Kier alpha value is -2.54. The van der Waals surface area contributed by atoms with E-state index in [-0.39, 0.29) is 18.0 Å². The number of amides is 1. The van der Waals surface area contributed by atoms with E-state index < -0.39 is 0 Å². The molecule has 2 aliphatic rings. The monoisotopic (exact) mass is 370 g/mol. The van der Waals surface area contributed by atoms with Crippen molar-refractivity contribution in [2.75, 3.05) is 6.79 Å². The smallest absolute Gasteiger partial charge is 0.231 e. The minimum absolute atomic E-state index is 0.0343. The Bertz CT molecular complexity index is 819. The third-order valence-corrected chi connectivity index (χ3v) is 5.29. The number of aromatic nitrogens is 2. The molecule has 144 valence electrons. The van der Waals surface area contributed by atoms with Gasteiger partial charge in [-0.3, -0.25) is 9.48 Å². The number of rotatable bonds is 6. The number of nitrogens with zero attached hydrogens (tertiary/aromatic N) is 2. The van der Waals surface area contributed by atoms with Crippen LogP contribution < -0.4 is 20.1 Å². The molecule has 0 aliphatic carbocycles. The summed E-state index contributed by atoms with van der Waals surface area (Å²) >= 11 is 0. The van der Waals surface area contributed by atoms with Gasteiger partial charge in [0.15, 0.2) is 11.5 Å². The molecular weight excluding hydrogens is 344 g/mol. The lowest BCUT2D eigenvalue weighted by molar-refractivity contribution is -0.124. The standard InChI is InChI=1S/C20H26N4O3/c1-13(3-4-14-5-7-17-18(9-14)27-12-26-17)22-16-6-8-19(25)23-20(16)15-10-21-24(2)11-15/h5,7,9-11,13,16,20,22H,3-4,6,8,12H2,1-2H3,(H,23,25)/t13-,16-,20+/m1/s1. The first kappa shape index (κ1) is 17.9. The van der Waals surface area contributed by atoms with Crippen molar-refractivity contribution >= 4 is 5.91 Å². The van der Waals surface area contributed by atoms with Crippen LogP contribution in [0.1, 0.15) is 43.4 Å². The van der Waals surface area contributed by atoms with Crippen LogP contribution in [0.5, 0.6) is 11.5 Å². The van der Waals surface area contributed by atoms with Crippen molar-refractivity contribution in [3.05, 3.63) is 41.7 Å². The summed E-state index contributed by atoms with van der Waals surface area (Å²) in [6.45, 7) is 2.50. The van der Waals surface area contributed by atoms with E-state index in [1.54, 1.807) is 4.68 Å². The number of carbonyl (C=O) groups excluding carboxylic acids is 1. The summed E-state index contributed by atoms with van der Waals surface area (Å²) in [4.78, 5) is 11.9. The average molecular weight is 370 g/mol. The highest BCUT2D eigenvalue weighted by Gasteiger charge is 2.31. The first-order valence-electron chi connectivity index (χ1n) is 9.51. The van der Waals surface area contributed by atoms with Gasteiger partial charge in [0.1, 0.15) is 0 Å². The lowest BCUT2D eigenvalue weighted by Crippen LogP contribution is -2.50. The predicted molar refractivity (Wildman–Crippen MR) is 101 cm³/mol. The molecule has 2 N–H and O–H groups in total. The second-order valence-electron chi connectivity index (χ2n) is 7.43. The van der Waals surface area contributed by atoms with Gasteiger partial charge < -0.3 is 20.1 Å². The maximum Gasteiger partial charge on any atom is 0.231 e. The van der Waals surface area contributed by atoms with E-state index in [9.17, 15) is 4.79 Å². The molecule has 0 saturated carbocycles. The molecule has 1 aromatic carbocycles. The molecule has 1 aromatic heterocycles. The van der Waals surface area contributed by atoms with E-state index >= 15 is 0 Å². The van der Waals surface area contributed by atoms with Gasteiger partial charge in [-0.25, -0.2) is 0 Å². The molecule has 0 radical (unpaired) electrons. The zero-order valence-electron chi connectivity index (χ0n) is 15.8. The summed E-state index contributed by atoms with van der Waals surface area (Å²) in [7, 11) is 1.89. The van der Waals surface area contributed by atoms with E-state index in [0.29, 0.717) is 19.3 Å². The Morgan fingerprint density at radius 2 is 2.22 bits per heavy atom. The highest BCUT2D eigenvalue weighted by molar-refractivity contribution is 5.77. The molecule has 0 unspecified atom stereocenters. The van der Waals surface area contributed by atoms with Gasteiger partial charge >= 0.3 is 0 Å². The normalized spacial score (nSPS) is 22.5. The van der Waals surface area contributed by atoms with Crippen molar-refractivity contribution in [1.29, 1.82) is 0 Å². The summed E-state index contributed by atoms with van der Waals surface area (Å²) in [6.07, 6.45) is 7.17. The first-order chi connectivity index (χ1) is 13.1. The van der Waals surface area contributed by atoms with Crippen molar-refractivity contribution in [3.8, 4) is 11.5 Å². The van der Waals surface area contributed by atoms with E-state index in [2.05, 4.69) is 34.8 Å². The lowest BCUT2D eigenvalue weighted by Gasteiger charge is -2.34. The van der Waals surface area contributed by atoms with Crippen LogP contribution in [0.4, 0.5) is 0 Å². The van der Waals surface area contributed by atoms with E-state index in [4.69, 9.17) is 9.47 Å². The largest absolute Gasteiger partial charge is 0.454 e. The quantitative estimate of drug-likeness (QED) is 0.814. The molecule has 7 nitrogen and oxygen atoms in total. The van der Waals surface area contributed by atoms with Crippen molar-refractivity contribution < 1.29 is 14.3 Å². The fraction of sp³-hybridized carbons (Fsp3) is 0.500. The molecule has 3 heterocycles. The van der Waals surface area contributed by atoms with Crippen molar-refractivity contribution in [1.82, 2.24) is 20.4 Å². The minimum Gasteiger partial charge on any atom is -0.454 e. The average Bonchev–Trinajstić information content (AvgIpc) is 3.29. The number of ether oxygens (including phenoxy) is 2. The predicted octanol–water partition coefficient (Wildman–Crippen LogP) is 2.08. The van der Waals surface area contributed by atoms with Gasteiger partial charge in [-0.2, -0.15) is 5.10 Å². The van der Waals surface area contributed by atoms with Crippen molar-refractivity contribution in [2.45, 2.75) is 50.7 Å². The van der Waals surface area contributed by atoms with Crippen molar-refractivity contribution in [3.63, 3.8) is 0 Å². The summed E-state index contributed by atoms with van der Waals surface area (Å²) in [5, 5.41) is 11.1. The lowest BCUT2D eigenvalue weighted by atomic mass is 9.92. The molecular formula is C20H26N4O3. The van der Waals surface area contributed by atoms with Crippen LogP contribution >= 0.6 is 0 Å². The number of hydrogen-bond donors (Lipinski definition) is 2. The molecule has 1 saturated heterocycles. The van der Waals surface area contributed by atoms with E-state index in [1.165, 1.54) is 5.56 Å². The molecule has 2 aromatic rings. The number of fused-ring (bicyclic) bond motifs is 1. The second-order valence-corrected chi connectivity index (χ2v) is 7.43. The third kappa shape index (κ3) is 4.08. The van der Waals surface area contributed by atoms with E-state index in [0.717, 1.165) is 36.3 Å². The van der Waals surface area contributed by atoms with Crippen LogP contribution in [0.2, 0.25) is 0 Å². The van der Waals surface area contributed by atoms with Crippen LogP contribution in [0, 0.1) is 0 Å². The molecule has 3 atom stereocenters. The molecule has 7 heteroatoms. The van der Waals surface area contributed by atoms with Gasteiger partial charge in [0.25, 0.3) is 0 Å². The molecule has 2 aliphatic heterocycles. The summed E-state index contributed by atoms with van der Waals surface area (Å²) in [5.41, 5.74) is 2.29. The second kappa shape index (κ2) is 7.60. The molecule has 27 heavy (non-hydrogen) atoms. The third-order valence-electron chi connectivity index (χ3n) is 5.29. The first-order valence-corrected chi connectivity index (χ1v) is 9.51. The zero-order valence-corrected chi connectivity index (χ0v) is 15.8. The molecule has 1 amide bonds. The maximum absolute atomic E-state index is 11.9. The van der Waals surface area contributed by atoms with Gasteiger partial charge in [-0.05, 0) is 43.9 Å². The maximum atomic E-state index is 11.9. The number of hydrogen-bond acceptors (Lipinski definition) is 5. The van der Waals surface area contributed by atoms with Crippen LogP contribution in [0.25, 0.3) is 0 Å². The summed E-state index contributed by atoms with van der Waals surface area (Å²) in [6, 6.07) is 6.64. The molecule has 0 bridgehead atoms. The molecule has 4 rings (SSSR count). The Morgan fingerprint density at radius 3 is 3.04 bits per heavy atom. The highest BCUT2D eigenvalue weighted by atomic mass is 16.7. The number of nitrogens with one attached hydrogen (secondary N) is 2. The molecule has 1 fully saturated rings. The van der Waals surface area contributed by atoms with Crippen LogP contribution in [0.3, 0.4) is 0 Å². The minimum atomic E-state index is -0.0343. The number of aryl methyl sites for hydroxylation is 2. The SMILES string of the molecule is C[C@H](CCc1ccc2c(c1)OCO2)N[C@@H]1CCC(=O)N[C@H]1c1cnn(C)c1. The van der Waals surface area contributed by atoms with Gasteiger partial charge in [0.2, 0.25) is 12.7 Å².